The number of fused-ring (bicyclic) bond motifs is 3. The van der Waals surface area contributed by atoms with Gasteiger partial charge in [0.15, 0.2) is 0 Å². The van der Waals surface area contributed by atoms with Gasteiger partial charge in [-0.3, -0.25) is 0 Å². The maximum atomic E-state index is 13.7. The van der Waals surface area contributed by atoms with E-state index in [1.165, 1.54) is 58.3 Å². The second-order valence-electron chi connectivity index (χ2n) is 12.1. The summed E-state index contributed by atoms with van der Waals surface area (Å²) in [6.45, 7) is 5.89. The molecular weight excluding hydrogens is 683 g/mol. The number of halogens is 2. The molecule has 3 aromatic carbocycles. The van der Waals surface area contributed by atoms with Crippen LogP contribution in [-0.4, -0.2) is 38.0 Å². The molecule has 1 fully saturated rings. The number of aromatic nitrogens is 1. The van der Waals surface area contributed by atoms with Crippen LogP contribution < -0.4 is 9.47 Å². The standard InChI is InChI=1S/C37H44ClIN2O3/c1-3-7-26(8-4-2)9-5-6-24-43-30-15-10-27(11-16-30)36-35-32(33-25-29(39-21-22-39)14-19-34(33)40-35)20-23-41(36)37(42)44-31-17-12-28(38)13-18-31/h10-19,25-26,36,40H,3-9,20-24H2,1-2H3/t36-/m0/s1. The van der Waals surface area contributed by atoms with Gasteiger partial charge in [0, 0.05) is 5.02 Å². The fourth-order valence-electron chi connectivity index (χ4n) is 6.61. The zero-order valence-corrected chi connectivity index (χ0v) is 28.8. The van der Waals surface area contributed by atoms with Crippen LogP contribution in [0.1, 0.15) is 81.7 Å². The second-order valence-corrected chi connectivity index (χ2v) is 18.5. The summed E-state index contributed by atoms with van der Waals surface area (Å²) in [6.07, 6.45) is 9.23. The van der Waals surface area contributed by atoms with E-state index in [4.69, 9.17) is 21.1 Å². The van der Waals surface area contributed by atoms with E-state index in [-0.39, 0.29) is 12.1 Å². The number of aromatic amines is 1. The van der Waals surface area contributed by atoms with Gasteiger partial charge in [-0.25, -0.2) is 0 Å². The predicted octanol–water partition coefficient (Wildman–Crippen LogP) is 10.4. The van der Waals surface area contributed by atoms with Crippen LogP contribution in [0.25, 0.3) is 10.9 Å². The van der Waals surface area contributed by atoms with Gasteiger partial charge >= 0.3 is 194 Å². The van der Waals surface area contributed by atoms with Crippen molar-refractivity contribution in [3.8, 4) is 11.5 Å². The molecule has 0 unspecified atom stereocenters. The van der Waals surface area contributed by atoms with Crippen LogP contribution in [-0.2, 0) is 6.42 Å². The third kappa shape index (κ3) is 7.39. The Labute approximate surface area is 274 Å². The van der Waals surface area contributed by atoms with E-state index in [0.717, 1.165) is 47.9 Å². The van der Waals surface area contributed by atoms with Gasteiger partial charge in [-0.15, -0.1) is 0 Å². The third-order valence-corrected chi connectivity index (χ3v) is 13.7. The zero-order valence-electron chi connectivity index (χ0n) is 25.9. The average Bonchev–Trinajstić information content (AvgIpc) is 3.82. The van der Waals surface area contributed by atoms with Gasteiger partial charge in [0.05, 0.1) is 0 Å². The van der Waals surface area contributed by atoms with Gasteiger partial charge in [0.1, 0.15) is 0 Å². The predicted molar refractivity (Wildman–Crippen MR) is 190 cm³/mol. The molecule has 1 atom stereocenters. The number of H-pyrrole nitrogens is 1. The molecule has 3 heterocycles. The topological polar surface area (TPSA) is 54.6 Å². The molecule has 1 N–H and O–H groups in total. The number of carbonyl (C=O) groups excluding carboxylic acids is 1. The monoisotopic (exact) mass is 726 g/mol. The second kappa shape index (κ2) is 14.6. The molecule has 7 heteroatoms. The van der Waals surface area contributed by atoms with Crippen LogP contribution in [0.2, 0.25) is 5.02 Å². The van der Waals surface area contributed by atoms with Gasteiger partial charge < -0.3 is 0 Å². The maximum absolute atomic E-state index is 13.7. The summed E-state index contributed by atoms with van der Waals surface area (Å²) < 4.78 is 16.4. The number of ether oxygens (including phenoxy) is 2. The molecule has 6 rings (SSSR count). The Balaban J connectivity index is 1.20. The average molecular weight is 727 g/mol. The number of hydrogen-bond acceptors (Lipinski definition) is 3. The van der Waals surface area contributed by atoms with Crippen molar-refractivity contribution in [1.82, 2.24) is 9.88 Å². The van der Waals surface area contributed by atoms with E-state index in [9.17, 15) is 4.79 Å². The number of carbonyl (C=O) groups is 1. The number of nitrogens with one attached hydrogen (secondary N) is 1. The molecule has 0 spiro atoms. The Kier molecular flexibility index (Phi) is 10.4. The molecular formula is C37H44ClIN2O3. The van der Waals surface area contributed by atoms with E-state index in [1.54, 1.807) is 27.8 Å². The van der Waals surface area contributed by atoms with E-state index in [0.29, 0.717) is 17.3 Å². The third-order valence-electron chi connectivity index (χ3n) is 8.89. The van der Waals surface area contributed by atoms with Crippen molar-refractivity contribution in [1.29, 1.82) is 0 Å². The van der Waals surface area contributed by atoms with Crippen LogP contribution in [0.3, 0.4) is 0 Å². The first kappa shape index (κ1) is 31.3. The van der Waals surface area contributed by atoms with Crippen molar-refractivity contribution < 1.29 is 14.3 Å². The minimum absolute atomic E-state index is 0.280. The molecule has 0 radical (unpaired) electrons. The van der Waals surface area contributed by atoms with Crippen LogP contribution in [0.5, 0.6) is 11.5 Å². The Morgan fingerprint density at radius 2 is 1.68 bits per heavy atom. The van der Waals surface area contributed by atoms with Crippen molar-refractivity contribution in [2.45, 2.75) is 71.3 Å². The van der Waals surface area contributed by atoms with Crippen molar-refractivity contribution in [2.75, 3.05) is 22.0 Å². The van der Waals surface area contributed by atoms with Crippen LogP contribution in [0.15, 0.2) is 66.7 Å². The van der Waals surface area contributed by atoms with E-state index >= 15 is 0 Å². The van der Waals surface area contributed by atoms with Gasteiger partial charge in [-0.05, 0) is 18.8 Å². The van der Waals surface area contributed by atoms with E-state index < -0.39 is 19.8 Å². The summed E-state index contributed by atoms with van der Waals surface area (Å²) >= 11 is 5.18. The number of amides is 1. The molecule has 2 aliphatic heterocycles. The molecule has 44 heavy (non-hydrogen) atoms. The normalized spacial score (nSPS) is 16.8. The molecule has 1 amide bonds. The summed E-state index contributed by atoms with van der Waals surface area (Å²) in [5.41, 5.74) is 4.59. The molecule has 1 aromatic heterocycles. The molecule has 234 valence electrons. The number of alkyl halides is 2. The number of hydrogen-bond donors (Lipinski definition) is 1. The van der Waals surface area contributed by atoms with Crippen LogP contribution in [0.4, 0.5) is 4.79 Å². The summed E-state index contributed by atoms with van der Waals surface area (Å²) in [4.78, 5) is 19.2. The number of nitrogens with zero attached hydrogens (tertiary/aromatic N) is 1. The quantitative estimate of drug-likeness (QED) is 0.0848. The number of unbranched alkanes of at least 4 members (excludes halogenated alkanes) is 1. The zero-order chi connectivity index (χ0) is 30.5. The fraction of sp³-hybridized carbons (Fsp3) is 0.432. The molecule has 0 aliphatic carbocycles. The van der Waals surface area contributed by atoms with Crippen molar-refractivity contribution in [2.24, 2.45) is 5.92 Å². The van der Waals surface area contributed by atoms with Crippen molar-refractivity contribution in [3.05, 3.63) is 92.1 Å². The minimum atomic E-state index is -0.880. The van der Waals surface area contributed by atoms with Crippen LogP contribution >= 0.6 is 31.4 Å². The molecule has 1 saturated heterocycles. The Morgan fingerprint density at radius 3 is 2.39 bits per heavy atom. The summed E-state index contributed by atoms with van der Waals surface area (Å²) in [5, 5.41) is 1.93. The summed E-state index contributed by atoms with van der Waals surface area (Å²) in [5.74, 6) is 2.21. The van der Waals surface area contributed by atoms with Gasteiger partial charge in [-0.2, -0.15) is 0 Å². The number of benzene rings is 3. The first-order valence-corrected chi connectivity index (χ1v) is 20.8. The van der Waals surface area contributed by atoms with Gasteiger partial charge in [-0.1, -0.05) is 57.6 Å². The molecule has 5 nitrogen and oxygen atoms in total. The molecule has 0 saturated carbocycles. The first-order chi connectivity index (χ1) is 21.5. The molecule has 4 aromatic rings. The number of rotatable bonds is 13. The van der Waals surface area contributed by atoms with Crippen molar-refractivity contribution in [3.63, 3.8) is 0 Å². The Bertz CT molecular complexity index is 1540. The van der Waals surface area contributed by atoms with Crippen molar-refractivity contribution >= 4 is 48.4 Å². The van der Waals surface area contributed by atoms with E-state index in [1.807, 2.05) is 17.0 Å². The fourth-order valence-corrected chi connectivity index (χ4v) is 11.0. The summed E-state index contributed by atoms with van der Waals surface area (Å²) in [6, 6.07) is 22.0. The molecule has 2 aliphatic rings. The summed E-state index contributed by atoms with van der Waals surface area (Å²) in [7, 11) is 0. The van der Waals surface area contributed by atoms with Gasteiger partial charge in [0.2, 0.25) is 0 Å². The van der Waals surface area contributed by atoms with Gasteiger partial charge in [0.25, 0.3) is 0 Å². The SMILES string of the molecule is CCCC(CCC)CCCCOc1ccc([C@H]2c3[nH]c4ccc(I5CC5)cc4c3CCN2C(=O)Oc2ccc(Cl)cc2)cc1. The van der Waals surface area contributed by atoms with E-state index in [2.05, 4.69) is 49.2 Å². The molecule has 0 bridgehead atoms. The first-order valence-electron chi connectivity index (χ1n) is 16.3. The Hall–Kier alpha value is -2.71. The van der Waals surface area contributed by atoms with Crippen LogP contribution in [0, 0.1) is 9.49 Å². The Morgan fingerprint density at radius 1 is 0.955 bits per heavy atom.